The Morgan fingerprint density at radius 3 is 2.58 bits per heavy atom. The number of ether oxygens (including phenoxy) is 1. The van der Waals surface area contributed by atoms with Gasteiger partial charge in [0.1, 0.15) is 11.6 Å². The van der Waals surface area contributed by atoms with E-state index in [-0.39, 0.29) is 18.2 Å². The number of methoxy groups -OCH3 is 1. The lowest BCUT2D eigenvalue weighted by molar-refractivity contribution is 0.415. The van der Waals surface area contributed by atoms with Crippen LogP contribution in [0.4, 0.5) is 11.4 Å². The number of para-hydroxylation sites is 1. The summed E-state index contributed by atoms with van der Waals surface area (Å²) in [6, 6.07) is 15.0. The normalized spacial score (nSPS) is 9.32. The summed E-state index contributed by atoms with van der Waals surface area (Å²) in [6.45, 7) is 0. The number of rotatable bonds is 4. The molecule has 2 rings (SSSR count). The number of nitrogen functional groups attached to an aromatic ring is 1. The molecular formula is C14H16ClN3O. The molecule has 4 N–H and O–H groups in total. The predicted molar refractivity (Wildman–Crippen MR) is 81.0 cm³/mol. The Balaban J connectivity index is 0.00000180. The summed E-state index contributed by atoms with van der Waals surface area (Å²) in [7, 11) is 1.63. The van der Waals surface area contributed by atoms with Crippen LogP contribution in [-0.4, -0.2) is 12.9 Å². The highest BCUT2D eigenvalue weighted by Gasteiger charge is 2.04. The van der Waals surface area contributed by atoms with Crippen LogP contribution < -0.4 is 15.8 Å². The van der Waals surface area contributed by atoms with Crippen LogP contribution in [0.3, 0.4) is 0 Å². The molecular weight excluding hydrogens is 262 g/mol. The molecule has 0 heterocycles. The van der Waals surface area contributed by atoms with Crippen molar-refractivity contribution < 1.29 is 4.74 Å². The first-order valence-corrected chi connectivity index (χ1v) is 5.55. The fraction of sp³-hybridized carbons (Fsp3) is 0.0714. The van der Waals surface area contributed by atoms with Crippen LogP contribution >= 0.6 is 12.4 Å². The number of hydrogen-bond acceptors (Lipinski definition) is 3. The lowest BCUT2D eigenvalue weighted by Gasteiger charge is -2.11. The molecule has 0 saturated carbocycles. The molecule has 0 bridgehead atoms. The van der Waals surface area contributed by atoms with Crippen LogP contribution in [0, 0.1) is 5.41 Å². The molecule has 5 heteroatoms. The van der Waals surface area contributed by atoms with Crippen molar-refractivity contribution in [2.75, 3.05) is 12.4 Å². The van der Waals surface area contributed by atoms with Crippen molar-refractivity contribution in [2.45, 2.75) is 0 Å². The highest BCUT2D eigenvalue weighted by molar-refractivity contribution is 6.00. The van der Waals surface area contributed by atoms with Gasteiger partial charge in [-0.25, -0.2) is 0 Å². The molecule has 0 amide bonds. The summed E-state index contributed by atoms with van der Waals surface area (Å²) in [6.07, 6.45) is 0. The minimum absolute atomic E-state index is 0. The smallest absolute Gasteiger partial charge is 0.124 e. The summed E-state index contributed by atoms with van der Waals surface area (Å²) >= 11 is 0. The Morgan fingerprint density at radius 1 is 1.16 bits per heavy atom. The highest BCUT2D eigenvalue weighted by atomic mass is 35.5. The van der Waals surface area contributed by atoms with E-state index in [1.165, 1.54) is 0 Å². The van der Waals surface area contributed by atoms with Crippen molar-refractivity contribution in [1.29, 1.82) is 5.41 Å². The largest absolute Gasteiger partial charge is 0.497 e. The number of amidine groups is 1. The maximum absolute atomic E-state index is 7.53. The molecule has 0 aliphatic rings. The predicted octanol–water partition coefficient (Wildman–Crippen LogP) is 3.14. The Bertz CT molecular complexity index is 572. The Morgan fingerprint density at radius 2 is 1.89 bits per heavy atom. The van der Waals surface area contributed by atoms with Gasteiger partial charge in [0.2, 0.25) is 0 Å². The van der Waals surface area contributed by atoms with Crippen LogP contribution in [-0.2, 0) is 0 Å². The zero-order valence-electron chi connectivity index (χ0n) is 10.5. The minimum atomic E-state index is 0. The second-order valence-corrected chi connectivity index (χ2v) is 3.82. The summed E-state index contributed by atoms with van der Waals surface area (Å²) in [4.78, 5) is 0. The van der Waals surface area contributed by atoms with Crippen LogP contribution in [0.25, 0.3) is 0 Å². The van der Waals surface area contributed by atoms with Crippen molar-refractivity contribution in [3.63, 3.8) is 0 Å². The van der Waals surface area contributed by atoms with Gasteiger partial charge in [0.05, 0.1) is 7.11 Å². The van der Waals surface area contributed by atoms with Crippen molar-refractivity contribution in [1.82, 2.24) is 0 Å². The van der Waals surface area contributed by atoms with Crippen molar-refractivity contribution in [2.24, 2.45) is 5.73 Å². The van der Waals surface area contributed by atoms with Crippen LogP contribution in [0.1, 0.15) is 5.56 Å². The molecule has 4 nitrogen and oxygen atoms in total. The average Bonchev–Trinajstić information content (AvgIpc) is 2.39. The van der Waals surface area contributed by atoms with E-state index >= 15 is 0 Å². The standard InChI is InChI=1S/C14H15N3O.ClH/c1-18-11-6-4-5-10(9-11)17-13-8-3-2-7-12(13)14(15)16;/h2-9,17H,1H3,(H3,15,16);1H. The Labute approximate surface area is 118 Å². The van der Waals surface area contributed by atoms with E-state index in [2.05, 4.69) is 5.32 Å². The van der Waals surface area contributed by atoms with E-state index in [4.69, 9.17) is 15.9 Å². The number of benzene rings is 2. The van der Waals surface area contributed by atoms with E-state index < -0.39 is 0 Å². The third kappa shape index (κ3) is 3.63. The summed E-state index contributed by atoms with van der Waals surface area (Å²) in [5.74, 6) is 0.821. The molecule has 0 fully saturated rings. The monoisotopic (exact) mass is 277 g/mol. The van der Waals surface area contributed by atoms with E-state index in [1.54, 1.807) is 7.11 Å². The number of nitrogens with two attached hydrogens (primary N) is 1. The topological polar surface area (TPSA) is 71.1 Å². The molecule has 0 unspecified atom stereocenters. The van der Waals surface area contributed by atoms with Gasteiger partial charge < -0.3 is 15.8 Å². The molecule has 0 saturated heterocycles. The summed E-state index contributed by atoms with van der Waals surface area (Å²) in [5.41, 5.74) is 7.92. The Hall–Kier alpha value is -2.20. The van der Waals surface area contributed by atoms with Gasteiger partial charge in [-0.2, -0.15) is 0 Å². The van der Waals surface area contributed by atoms with Gasteiger partial charge in [-0.3, -0.25) is 5.41 Å². The second kappa shape index (κ2) is 6.66. The van der Waals surface area contributed by atoms with Gasteiger partial charge in [0.25, 0.3) is 0 Å². The van der Waals surface area contributed by atoms with Crippen molar-refractivity contribution in [3.8, 4) is 5.75 Å². The first-order chi connectivity index (χ1) is 8.70. The highest BCUT2D eigenvalue weighted by Crippen LogP contribution is 2.23. The van der Waals surface area contributed by atoms with Gasteiger partial charge in [-0.15, -0.1) is 12.4 Å². The minimum Gasteiger partial charge on any atom is -0.497 e. The number of hydrogen-bond donors (Lipinski definition) is 3. The zero-order valence-corrected chi connectivity index (χ0v) is 11.3. The summed E-state index contributed by atoms with van der Waals surface area (Å²) < 4.78 is 5.16. The molecule has 100 valence electrons. The maximum atomic E-state index is 7.53. The summed E-state index contributed by atoms with van der Waals surface area (Å²) in [5, 5.41) is 10.8. The van der Waals surface area contributed by atoms with E-state index in [9.17, 15) is 0 Å². The van der Waals surface area contributed by atoms with Crippen molar-refractivity contribution >= 4 is 29.6 Å². The lowest BCUT2D eigenvalue weighted by Crippen LogP contribution is -2.13. The van der Waals surface area contributed by atoms with E-state index in [0.29, 0.717) is 5.56 Å². The van der Waals surface area contributed by atoms with Crippen LogP contribution in [0.2, 0.25) is 0 Å². The fourth-order valence-corrected chi connectivity index (χ4v) is 1.68. The maximum Gasteiger partial charge on any atom is 0.124 e. The first-order valence-electron chi connectivity index (χ1n) is 5.55. The van der Waals surface area contributed by atoms with E-state index in [0.717, 1.165) is 17.1 Å². The lowest BCUT2D eigenvalue weighted by atomic mass is 10.1. The third-order valence-electron chi connectivity index (χ3n) is 2.57. The number of halogens is 1. The van der Waals surface area contributed by atoms with Gasteiger partial charge >= 0.3 is 0 Å². The van der Waals surface area contributed by atoms with Crippen molar-refractivity contribution in [3.05, 3.63) is 54.1 Å². The molecule has 0 aromatic heterocycles. The van der Waals surface area contributed by atoms with Gasteiger partial charge in [0, 0.05) is 23.0 Å². The number of nitrogens with one attached hydrogen (secondary N) is 2. The third-order valence-corrected chi connectivity index (χ3v) is 2.57. The molecule has 0 aliphatic carbocycles. The van der Waals surface area contributed by atoms with Gasteiger partial charge in [-0.05, 0) is 24.3 Å². The molecule has 0 atom stereocenters. The molecule has 0 spiro atoms. The quantitative estimate of drug-likeness (QED) is 0.594. The molecule has 2 aromatic carbocycles. The molecule has 0 radical (unpaired) electrons. The van der Waals surface area contributed by atoms with Crippen LogP contribution in [0.5, 0.6) is 5.75 Å². The SMILES string of the molecule is COc1cccc(Nc2ccccc2C(=N)N)c1.Cl. The van der Waals surface area contributed by atoms with Gasteiger partial charge in [-0.1, -0.05) is 18.2 Å². The van der Waals surface area contributed by atoms with Crippen LogP contribution in [0.15, 0.2) is 48.5 Å². The average molecular weight is 278 g/mol. The first kappa shape index (κ1) is 14.9. The molecule has 2 aromatic rings. The second-order valence-electron chi connectivity index (χ2n) is 3.82. The zero-order chi connectivity index (χ0) is 13.0. The van der Waals surface area contributed by atoms with E-state index in [1.807, 2.05) is 48.5 Å². The fourth-order valence-electron chi connectivity index (χ4n) is 1.68. The Kier molecular flexibility index (Phi) is 5.21. The number of anilines is 2. The molecule has 19 heavy (non-hydrogen) atoms. The molecule has 0 aliphatic heterocycles. The van der Waals surface area contributed by atoms with Gasteiger partial charge in [0.15, 0.2) is 0 Å².